The van der Waals surface area contributed by atoms with Gasteiger partial charge in [-0.15, -0.1) is 0 Å². The highest BCUT2D eigenvalue weighted by Crippen LogP contribution is 2.36. The number of carbonyl (C=O) groups is 1. The SMILES string of the molecule is O=C(NC1CC(NCCC2(F)CCCC2)C1)c1cc(F)cc(Cl)c1. The second-order valence-corrected chi connectivity index (χ2v) is 7.50. The lowest BCUT2D eigenvalue weighted by atomic mass is 9.86. The Hall–Kier alpha value is -1.20. The van der Waals surface area contributed by atoms with Crippen molar-refractivity contribution in [2.45, 2.75) is 62.7 Å². The molecule has 2 N–H and O–H groups in total. The van der Waals surface area contributed by atoms with Crippen molar-refractivity contribution in [3.05, 3.63) is 34.6 Å². The third-order valence-corrected chi connectivity index (χ3v) is 5.32. The van der Waals surface area contributed by atoms with E-state index in [0.29, 0.717) is 31.8 Å². The second kappa shape index (κ2) is 7.36. The average Bonchev–Trinajstić information content (AvgIpc) is 2.90. The molecule has 0 aliphatic heterocycles. The van der Waals surface area contributed by atoms with Gasteiger partial charge in [-0.2, -0.15) is 0 Å². The molecule has 6 heteroatoms. The molecule has 132 valence electrons. The fraction of sp³-hybridized carbons (Fsp3) is 0.611. The van der Waals surface area contributed by atoms with Crippen LogP contribution in [0.25, 0.3) is 0 Å². The Balaban J connectivity index is 1.36. The van der Waals surface area contributed by atoms with Gasteiger partial charge in [0.15, 0.2) is 0 Å². The summed E-state index contributed by atoms with van der Waals surface area (Å²) in [7, 11) is 0. The highest BCUT2D eigenvalue weighted by atomic mass is 35.5. The van der Waals surface area contributed by atoms with Crippen LogP contribution in [0.1, 0.15) is 55.3 Å². The third kappa shape index (κ3) is 4.45. The van der Waals surface area contributed by atoms with Gasteiger partial charge in [-0.1, -0.05) is 24.4 Å². The first kappa shape index (κ1) is 17.6. The standard InChI is InChI=1S/C18H23ClF2N2O/c19-13-7-12(8-14(20)9-13)17(24)23-16-10-15(11-16)22-6-5-18(21)3-1-2-4-18/h7-9,15-16,22H,1-6,10-11H2,(H,23,24). The van der Waals surface area contributed by atoms with Crippen molar-refractivity contribution in [2.75, 3.05) is 6.54 Å². The van der Waals surface area contributed by atoms with E-state index in [0.717, 1.165) is 25.7 Å². The van der Waals surface area contributed by atoms with Gasteiger partial charge < -0.3 is 10.6 Å². The lowest BCUT2D eigenvalue weighted by molar-refractivity contribution is 0.0899. The van der Waals surface area contributed by atoms with E-state index in [2.05, 4.69) is 10.6 Å². The van der Waals surface area contributed by atoms with Crippen molar-refractivity contribution in [1.82, 2.24) is 10.6 Å². The molecule has 1 aromatic carbocycles. The first-order valence-corrected chi connectivity index (χ1v) is 9.01. The summed E-state index contributed by atoms with van der Waals surface area (Å²) in [6.45, 7) is 0.682. The molecule has 2 aliphatic carbocycles. The Morgan fingerprint density at radius 2 is 1.92 bits per heavy atom. The maximum Gasteiger partial charge on any atom is 0.251 e. The van der Waals surface area contributed by atoms with Crippen LogP contribution in [-0.2, 0) is 0 Å². The molecule has 24 heavy (non-hydrogen) atoms. The van der Waals surface area contributed by atoms with E-state index in [1.807, 2.05) is 0 Å². The summed E-state index contributed by atoms with van der Waals surface area (Å²) >= 11 is 5.76. The van der Waals surface area contributed by atoms with E-state index < -0.39 is 11.5 Å². The monoisotopic (exact) mass is 356 g/mol. The number of halogens is 3. The lowest BCUT2D eigenvalue weighted by Crippen LogP contribution is -2.52. The van der Waals surface area contributed by atoms with E-state index in [9.17, 15) is 13.6 Å². The number of carbonyl (C=O) groups excluding carboxylic acids is 1. The molecule has 3 nitrogen and oxygen atoms in total. The molecule has 0 heterocycles. The Kier molecular flexibility index (Phi) is 5.40. The van der Waals surface area contributed by atoms with Crippen LogP contribution in [0.5, 0.6) is 0 Å². The number of nitrogens with one attached hydrogen (secondary N) is 2. The molecule has 2 saturated carbocycles. The summed E-state index contributed by atoms with van der Waals surface area (Å²) in [5.41, 5.74) is -0.738. The summed E-state index contributed by atoms with van der Waals surface area (Å²) in [6.07, 6.45) is 5.57. The average molecular weight is 357 g/mol. The molecular weight excluding hydrogens is 334 g/mol. The van der Waals surface area contributed by atoms with Gasteiger partial charge in [0, 0.05) is 22.7 Å². The first-order chi connectivity index (χ1) is 11.4. The normalized spacial score (nSPS) is 25.3. The molecule has 0 unspecified atom stereocenters. The van der Waals surface area contributed by atoms with Crippen molar-refractivity contribution < 1.29 is 13.6 Å². The zero-order valence-electron chi connectivity index (χ0n) is 13.6. The summed E-state index contributed by atoms with van der Waals surface area (Å²) < 4.78 is 27.5. The lowest BCUT2D eigenvalue weighted by Gasteiger charge is -2.37. The van der Waals surface area contributed by atoms with Crippen molar-refractivity contribution in [1.29, 1.82) is 0 Å². The number of hydrogen-bond acceptors (Lipinski definition) is 2. The van der Waals surface area contributed by atoms with Gasteiger partial charge in [0.1, 0.15) is 11.5 Å². The van der Waals surface area contributed by atoms with Gasteiger partial charge >= 0.3 is 0 Å². The van der Waals surface area contributed by atoms with Crippen molar-refractivity contribution in [2.24, 2.45) is 0 Å². The van der Waals surface area contributed by atoms with E-state index in [-0.39, 0.29) is 22.5 Å². The summed E-state index contributed by atoms with van der Waals surface area (Å²) in [4.78, 5) is 12.1. The smallest absolute Gasteiger partial charge is 0.251 e. The van der Waals surface area contributed by atoms with Crippen LogP contribution in [0.2, 0.25) is 5.02 Å². The van der Waals surface area contributed by atoms with Crippen LogP contribution in [0.3, 0.4) is 0 Å². The molecule has 0 atom stereocenters. The minimum atomic E-state index is -0.971. The van der Waals surface area contributed by atoms with Crippen molar-refractivity contribution >= 4 is 17.5 Å². The Labute approximate surface area is 146 Å². The number of hydrogen-bond donors (Lipinski definition) is 2. The fourth-order valence-corrected chi connectivity index (χ4v) is 3.84. The van der Waals surface area contributed by atoms with Crippen LogP contribution < -0.4 is 10.6 Å². The zero-order valence-corrected chi connectivity index (χ0v) is 14.3. The molecule has 2 fully saturated rings. The van der Waals surface area contributed by atoms with Crippen LogP contribution in [0.4, 0.5) is 8.78 Å². The number of rotatable bonds is 6. The van der Waals surface area contributed by atoms with Crippen LogP contribution >= 0.6 is 11.6 Å². The minimum Gasteiger partial charge on any atom is -0.349 e. The minimum absolute atomic E-state index is 0.0721. The van der Waals surface area contributed by atoms with Gasteiger partial charge in [0.05, 0.1) is 0 Å². The molecule has 0 aromatic heterocycles. The molecular formula is C18H23ClF2N2O. The number of benzene rings is 1. The second-order valence-electron chi connectivity index (χ2n) is 7.06. The third-order valence-electron chi connectivity index (χ3n) is 5.10. The highest BCUT2D eigenvalue weighted by Gasteiger charge is 2.34. The van der Waals surface area contributed by atoms with Gasteiger partial charge in [0.2, 0.25) is 0 Å². The van der Waals surface area contributed by atoms with Gasteiger partial charge in [0.25, 0.3) is 5.91 Å². The Bertz CT molecular complexity index is 578. The van der Waals surface area contributed by atoms with E-state index in [1.165, 1.54) is 18.2 Å². The molecule has 0 bridgehead atoms. The molecule has 2 aliphatic rings. The summed E-state index contributed by atoms with van der Waals surface area (Å²) in [5.74, 6) is -0.832. The van der Waals surface area contributed by atoms with E-state index in [1.54, 1.807) is 0 Å². The van der Waals surface area contributed by atoms with Gasteiger partial charge in [-0.25, -0.2) is 8.78 Å². The maximum absolute atomic E-state index is 14.2. The maximum atomic E-state index is 14.2. The summed E-state index contributed by atoms with van der Waals surface area (Å²) in [6, 6.07) is 4.19. The van der Waals surface area contributed by atoms with Crippen molar-refractivity contribution in [3.63, 3.8) is 0 Å². The molecule has 0 saturated heterocycles. The Morgan fingerprint density at radius 3 is 2.58 bits per heavy atom. The van der Waals surface area contributed by atoms with Crippen molar-refractivity contribution in [3.8, 4) is 0 Å². The fourth-order valence-electron chi connectivity index (χ4n) is 3.61. The number of alkyl halides is 1. The summed E-state index contributed by atoms with van der Waals surface area (Å²) in [5, 5.41) is 6.45. The van der Waals surface area contributed by atoms with Gasteiger partial charge in [-0.3, -0.25) is 4.79 Å². The largest absolute Gasteiger partial charge is 0.349 e. The predicted octanol–water partition coefficient (Wildman–Crippen LogP) is 4.00. The Morgan fingerprint density at radius 1 is 1.21 bits per heavy atom. The molecule has 3 rings (SSSR count). The molecule has 1 aromatic rings. The molecule has 0 radical (unpaired) electrons. The highest BCUT2D eigenvalue weighted by molar-refractivity contribution is 6.31. The number of amides is 1. The molecule has 0 spiro atoms. The quantitative estimate of drug-likeness (QED) is 0.808. The van der Waals surface area contributed by atoms with Gasteiger partial charge in [-0.05, 0) is 56.8 Å². The van der Waals surface area contributed by atoms with E-state index >= 15 is 0 Å². The van der Waals surface area contributed by atoms with Crippen LogP contribution in [0.15, 0.2) is 18.2 Å². The van der Waals surface area contributed by atoms with Crippen LogP contribution in [-0.4, -0.2) is 30.2 Å². The predicted molar refractivity (Wildman–Crippen MR) is 90.6 cm³/mol. The first-order valence-electron chi connectivity index (χ1n) is 8.63. The van der Waals surface area contributed by atoms with Crippen LogP contribution in [0, 0.1) is 5.82 Å². The molecule has 1 amide bonds. The van der Waals surface area contributed by atoms with E-state index in [4.69, 9.17) is 11.6 Å². The topological polar surface area (TPSA) is 41.1 Å². The zero-order chi connectivity index (χ0) is 17.2.